The van der Waals surface area contributed by atoms with Gasteiger partial charge in [0.15, 0.2) is 0 Å². The molecule has 0 spiro atoms. The number of aryl methyl sites for hydroxylation is 2. The molecule has 114 valence electrons. The fraction of sp³-hybridized carbons (Fsp3) is 0.278. The minimum Gasteiger partial charge on any atom is -0.462 e. The predicted octanol–water partition coefficient (Wildman–Crippen LogP) is 2.55. The van der Waals surface area contributed by atoms with E-state index < -0.39 is 5.60 Å². The molecular formula is C18H19NO3. The Bertz CT molecular complexity index is 717. The number of rotatable bonds is 4. The molecule has 0 saturated carbocycles. The molecule has 4 nitrogen and oxygen atoms in total. The Kier molecular flexibility index (Phi) is 3.86. The molecule has 0 saturated heterocycles. The number of amides is 1. The Morgan fingerprint density at radius 2 is 2.18 bits per heavy atom. The number of hydrogen-bond acceptors (Lipinski definition) is 3. The number of hydrogen-bond donors (Lipinski definition) is 2. The van der Waals surface area contributed by atoms with Gasteiger partial charge >= 0.3 is 0 Å². The summed E-state index contributed by atoms with van der Waals surface area (Å²) in [6.45, 7) is 2.06. The Morgan fingerprint density at radius 1 is 1.36 bits per heavy atom. The first kappa shape index (κ1) is 14.6. The largest absolute Gasteiger partial charge is 0.462 e. The molecule has 22 heavy (non-hydrogen) atoms. The van der Waals surface area contributed by atoms with Gasteiger partial charge in [-0.2, -0.15) is 0 Å². The number of aliphatic hydroxyl groups is 1. The van der Waals surface area contributed by atoms with E-state index in [1.165, 1.54) is 6.08 Å². The first-order valence-corrected chi connectivity index (χ1v) is 7.40. The van der Waals surface area contributed by atoms with Gasteiger partial charge in [-0.3, -0.25) is 4.79 Å². The van der Waals surface area contributed by atoms with E-state index in [1.54, 1.807) is 12.1 Å². The van der Waals surface area contributed by atoms with Crippen LogP contribution in [-0.2, 0) is 16.8 Å². The summed E-state index contributed by atoms with van der Waals surface area (Å²) in [5.41, 5.74) is 1.10. The quantitative estimate of drug-likeness (QED) is 0.853. The number of nitrogens with one attached hydrogen (secondary N) is 1. The first-order chi connectivity index (χ1) is 10.6. The average molecular weight is 297 g/mol. The third-order valence-corrected chi connectivity index (χ3v) is 4.04. The number of carbonyl (C=O) groups excluding carboxylic acids is 1. The molecule has 1 atom stereocenters. The van der Waals surface area contributed by atoms with Crippen molar-refractivity contribution in [3.05, 3.63) is 65.1 Å². The Morgan fingerprint density at radius 3 is 2.95 bits per heavy atom. The van der Waals surface area contributed by atoms with E-state index in [-0.39, 0.29) is 12.5 Å². The van der Waals surface area contributed by atoms with Crippen LogP contribution in [0.25, 0.3) is 6.08 Å². The lowest BCUT2D eigenvalue weighted by Gasteiger charge is -2.24. The van der Waals surface area contributed by atoms with Gasteiger partial charge in [-0.1, -0.05) is 24.3 Å². The number of carbonyl (C=O) groups is 1. The highest BCUT2D eigenvalue weighted by molar-refractivity contribution is 5.91. The highest BCUT2D eigenvalue weighted by Crippen LogP contribution is 2.36. The molecule has 1 aliphatic carbocycles. The minimum atomic E-state index is -0.971. The summed E-state index contributed by atoms with van der Waals surface area (Å²) >= 11 is 0. The van der Waals surface area contributed by atoms with Gasteiger partial charge in [-0.15, -0.1) is 0 Å². The summed E-state index contributed by atoms with van der Waals surface area (Å²) in [6, 6.07) is 11.5. The van der Waals surface area contributed by atoms with Crippen LogP contribution in [0.5, 0.6) is 0 Å². The topological polar surface area (TPSA) is 62.5 Å². The van der Waals surface area contributed by atoms with Crippen molar-refractivity contribution in [1.82, 2.24) is 5.32 Å². The summed E-state index contributed by atoms with van der Waals surface area (Å²) < 4.78 is 5.36. The van der Waals surface area contributed by atoms with Crippen LogP contribution in [0.4, 0.5) is 0 Å². The van der Waals surface area contributed by atoms with Crippen molar-refractivity contribution in [2.24, 2.45) is 0 Å². The summed E-state index contributed by atoms with van der Waals surface area (Å²) in [5.74, 6) is 1.20. The van der Waals surface area contributed by atoms with E-state index in [4.69, 9.17) is 4.42 Å². The molecule has 1 aromatic heterocycles. The van der Waals surface area contributed by atoms with E-state index in [0.29, 0.717) is 12.2 Å². The first-order valence-electron chi connectivity index (χ1n) is 7.40. The van der Waals surface area contributed by atoms with Crippen molar-refractivity contribution in [2.45, 2.75) is 25.4 Å². The second kappa shape index (κ2) is 5.81. The van der Waals surface area contributed by atoms with Crippen molar-refractivity contribution in [3.63, 3.8) is 0 Å². The molecule has 1 heterocycles. The highest BCUT2D eigenvalue weighted by atomic mass is 16.3. The average Bonchev–Trinajstić information content (AvgIpc) is 3.08. The van der Waals surface area contributed by atoms with E-state index in [0.717, 1.165) is 23.3 Å². The van der Waals surface area contributed by atoms with Crippen molar-refractivity contribution in [3.8, 4) is 0 Å². The fourth-order valence-electron chi connectivity index (χ4n) is 2.85. The molecule has 1 unspecified atom stereocenters. The normalized spacial score (nSPS) is 20.3. The maximum Gasteiger partial charge on any atom is 0.244 e. The van der Waals surface area contributed by atoms with Crippen molar-refractivity contribution >= 4 is 12.0 Å². The second-order valence-electron chi connectivity index (χ2n) is 5.69. The molecule has 0 bridgehead atoms. The molecular weight excluding hydrogens is 278 g/mol. The van der Waals surface area contributed by atoms with E-state index in [9.17, 15) is 9.90 Å². The number of furan rings is 1. The van der Waals surface area contributed by atoms with Gasteiger partial charge < -0.3 is 14.8 Å². The van der Waals surface area contributed by atoms with Crippen LogP contribution in [-0.4, -0.2) is 17.6 Å². The molecule has 2 N–H and O–H groups in total. The smallest absolute Gasteiger partial charge is 0.244 e. The zero-order valence-corrected chi connectivity index (χ0v) is 12.5. The van der Waals surface area contributed by atoms with Gasteiger partial charge in [0.25, 0.3) is 0 Å². The third-order valence-electron chi connectivity index (χ3n) is 4.04. The lowest BCUT2D eigenvalue weighted by Crippen LogP contribution is -2.38. The number of fused-ring (bicyclic) bond motifs is 1. The Hall–Kier alpha value is -2.33. The minimum absolute atomic E-state index is 0.213. The zero-order valence-electron chi connectivity index (χ0n) is 12.5. The molecule has 4 heteroatoms. The van der Waals surface area contributed by atoms with Gasteiger partial charge in [0.05, 0.1) is 6.54 Å². The third kappa shape index (κ3) is 2.97. The molecule has 0 aliphatic heterocycles. The molecule has 0 fully saturated rings. The predicted molar refractivity (Wildman–Crippen MR) is 84.1 cm³/mol. The molecule has 1 aliphatic rings. The lowest BCUT2D eigenvalue weighted by atomic mass is 9.96. The van der Waals surface area contributed by atoms with E-state index in [1.807, 2.05) is 37.3 Å². The van der Waals surface area contributed by atoms with Crippen LogP contribution in [0.1, 0.15) is 29.1 Å². The van der Waals surface area contributed by atoms with Crippen molar-refractivity contribution < 1.29 is 14.3 Å². The fourth-order valence-corrected chi connectivity index (χ4v) is 2.85. The van der Waals surface area contributed by atoms with Gasteiger partial charge in [-0.05, 0) is 49.1 Å². The summed E-state index contributed by atoms with van der Waals surface area (Å²) in [5, 5.41) is 13.5. The van der Waals surface area contributed by atoms with Crippen LogP contribution in [0.2, 0.25) is 0 Å². The van der Waals surface area contributed by atoms with Crippen LogP contribution >= 0.6 is 0 Å². The summed E-state index contributed by atoms with van der Waals surface area (Å²) in [7, 11) is 0. The molecule has 0 radical (unpaired) electrons. The number of benzene rings is 1. The van der Waals surface area contributed by atoms with Crippen LogP contribution in [0, 0.1) is 6.92 Å². The second-order valence-corrected chi connectivity index (χ2v) is 5.69. The Labute approximate surface area is 129 Å². The van der Waals surface area contributed by atoms with Gasteiger partial charge in [0, 0.05) is 6.08 Å². The molecule has 1 aromatic carbocycles. The molecule has 1 amide bonds. The summed E-state index contributed by atoms with van der Waals surface area (Å²) in [6.07, 6.45) is 4.51. The maximum absolute atomic E-state index is 11.9. The Balaban J connectivity index is 1.61. The van der Waals surface area contributed by atoms with Crippen molar-refractivity contribution in [1.29, 1.82) is 0 Å². The monoisotopic (exact) mass is 297 g/mol. The summed E-state index contributed by atoms with van der Waals surface area (Å²) in [4.78, 5) is 11.9. The van der Waals surface area contributed by atoms with Crippen molar-refractivity contribution in [2.75, 3.05) is 6.54 Å². The van der Waals surface area contributed by atoms with Crippen LogP contribution in [0.15, 0.2) is 46.9 Å². The van der Waals surface area contributed by atoms with E-state index >= 15 is 0 Å². The van der Waals surface area contributed by atoms with Gasteiger partial charge in [-0.25, -0.2) is 0 Å². The van der Waals surface area contributed by atoms with Gasteiger partial charge in [0.2, 0.25) is 5.91 Å². The highest BCUT2D eigenvalue weighted by Gasteiger charge is 2.36. The van der Waals surface area contributed by atoms with E-state index in [2.05, 4.69) is 5.32 Å². The van der Waals surface area contributed by atoms with Gasteiger partial charge in [0.1, 0.15) is 17.1 Å². The van der Waals surface area contributed by atoms with Crippen LogP contribution in [0.3, 0.4) is 0 Å². The molecule has 3 rings (SSSR count). The maximum atomic E-state index is 11.9. The zero-order chi connectivity index (χ0) is 15.6. The standard InChI is InChI=1S/C18H19NO3/c1-13-6-7-15(22-13)8-9-17(20)19-12-18(21)11-10-14-4-2-3-5-16(14)18/h2-9,21H,10-12H2,1H3,(H,19,20)/b9-8+. The SMILES string of the molecule is Cc1ccc(/C=C/C(=O)NCC2(O)CCc3ccccc32)o1. The lowest BCUT2D eigenvalue weighted by molar-refractivity contribution is -0.117. The van der Waals surface area contributed by atoms with Crippen LogP contribution < -0.4 is 5.32 Å². The molecule has 2 aromatic rings.